The molecule has 0 N–H and O–H groups in total. The second kappa shape index (κ2) is 3.36. The minimum absolute atomic E-state index is 0.153. The van der Waals surface area contributed by atoms with Gasteiger partial charge in [-0.05, 0) is 12.8 Å². The molecule has 0 amide bonds. The van der Waals surface area contributed by atoms with Crippen LogP contribution in [0, 0.1) is 17.2 Å². The van der Waals surface area contributed by atoms with E-state index in [-0.39, 0.29) is 11.7 Å². The first-order valence-electron chi connectivity index (χ1n) is 3.77. The van der Waals surface area contributed by atoms with Gasteiger partial charge in [0.1, 0.15) is 11.7 Å². The lowest BCUT2D eigenvalue weighted by Crippen LogP contribution is -2.09. The fraction of sp³-hybridized carbons (Fsp3) is 0.750. The molecule has 2 heteroatoms. The van der Waals surface area contributed by atoms with E-state index >= 15 is 0 Å². The van der Waals surface area contributed by atoms with Gasteiger partial charge in [-0.25, -0.2) is 0 Å². The van der Waals surface area contributed by atoms with Crippen LogP contribution in [0.5, 0.6) is 0 Å². The maximum absolute atomic E-state index is 11.0. The molecule has 0 bridgehead atoms. The molecule has 1 fully saturated rings. The molecule has 0 aromatic carbocycles. The van der Waals surface area contributed by atoms with E-state index in [4.69, 9.17) is 5.26 Å². The number of rotatable bonds is 0. The van der Waals surface area contributed by atoms with Crippen LogP contribution < -0.4 is 0 Å². The van der Waals surface area contributed by atoms with Gasteiger partial charge in [0.25, 0.3) is 0 Å². The third-order valence-electron chi connectivity index (χ3n) is 1.96. The second-order valence-electron chi connectivity index (χ2n) is 2.75. The Labute approximate surface area is 60.8 Å². The second-order valence-corrected chi connectivity index (χ2v) is 2.75. The molecule has 10 heavy (non-hydrogen) atoms. The highest BCUT2D eigenvalue weighted by Crippen LogP contribution is 2.18. The maximum Gasteiger partial charge on any atom is 0.149 e. The zero-order valence-corrected chi connectivity index (χ0v) is 5.97. The molecule has 0 saturated heterocycles. The lowest BCUT2D eigenvalue weighted by molar-refractivity contribution is -0.121. The van der Waals surface area contributed by atoms with Crippen LogP contribution in [0.3, 0.4) is 0 Å². The number of carbonyl (C=O) groups excluding carboxylic acids is 1. The van der Waals surface area contributed by atoms with Crippen molar-refractivity contribution < 1.29 is 4.79 Å². The van der Waals surface area contributed by atoms with E-state index in [9.17, 15) is 4.79 Å². The number of carbonyl (C=O) groups is 1. The largest absolute Gasteiger partial charge is 0.298 e. The van der Waals surface area contributed by atoms with Crippen molar-refractivity contribution in [3.05, 3.63) is 0 Å². The lowest BCUT2D eigenvalue weighted by atomic mass is 10.0. The van der Waals surface area contributed by atoms with Crippen molar-refractivity contribution in [2.24, 2.45) is 5.92 Å². The fourth-order valence-corrected chi connectivity index (χ4v) is 1.30. The van der Waals surface area contributed by atoms with Crippen molar-refractivity contribution in [3.8, 4) is 6.07 Å². The Hall–Kier alpha value is -0.840. The normalized spacial score (nSPS) is 27.1. The van der Waals surface area contributed by atoms with E-state index in [2.05, 4.69) is 0 Å². The van der Waals surface area contributed by atoms with Gasteiger partial charge in [-0.1, -0.05) is 12.8 Å². The Balaban J connectivity index is 2.54. The lowest BCUT2D eigenvalue weighted by Gasteiger charge is -1.99. The molecular formula is C8H11NO. The topological polar surface area (TPSA) is 40.9 Å². The van der Waals surface area contributed by atoms with Gasteiger partial charge in [0.05, 0.1) is 6.07 Å². The Kier molecular flexibility index (Phi) is 2.44. The van der Waals surface area contributed by atoms with Crippen molar-refractivity contribution >= 4 is 5.78 Å². The summed E-state index contributed by atoms with van der Waals surface area (Å²) >= 11 is 0. The monoisotopic (exact) mass is 137 g/mol. The summed E-state index contributed by atoms with van der Waals surface area (Å²) in [6.07, 6.45) is 4.55. The molecule has 1 saturated carbocycles. The Morgan fingerprint density at radius 1 is 1.40 bits per heavy atom. The molecule has 54 valence electrons. The van der Waals surface area contributed by atoms with E-state index in [1.54, 1.807) is 0 Å². The highest BCUT2D eigenvalue weighted by Gasteiger charge is 2.19. The Bertz CT molecular complexity index is 169. The van der Waals surface area contributed by atoms with E-state index < -0.39 is 0 Å². The van der Waals surface area contributed by atoms with Crippen LogP contribution in [0.2, 0.25) is 0 Å². The van der Waals surface area contributed by atoms with Gasteiger partial charge in [-0.2, -0.15) is 5.26 Å². The number of Topliss-reactive ketones (excluding diaryl/α,β-unsaturated/α-hetero) is 1. The summed E-state index contributed by atoms with van der Waals surface area (Å²) in [5.74, 6) is -0.137. The highest BCUT2D eigenvalue weighted by molar-refractivity contribution is 5.83. The minimum Gasteiger partial charge on any atom is -0.298 e. The zero-order chi connectivity index (χ0) is 7.40. The summed E-state index contributed by atoms with van der Waals surface area (Å²) in [4.78, 5) is 11.0. The van der Waals surface area contributed by atoms with Crippen LogP contribution >= 0.6 is 0 Å². The van der Waals surface area contributed by atoms with E-state index in [0.717, 1.165) is 25.7 Å². The molecule has 1 unspecified atom stereocenters. The standard InChI is InChI=1S/C8H11NO/c9-6-7-4-2-1-3-5-8(7)10/h7H,1-5H2. The highest BCUT2D eigenvalue weighted by atomic mass is 16.1. The fourth-order valence-electron chi connectivity index (χ4n) is 1.30. The van der Waals surface area contributed by atoms with Crippen LogP contribution in [-0.4, -0.2) is 5.78 Å². The Morgan fingerprint density at radius 3 is 2.90 bits per heavy atom. The molecule has 0 heterocycles. The van der Waals surface area contributed by atoms with Crippen molar-refractivity contribution in [1.82, 2.24) is 0 Å². The van der Waals surface area contributed by atoms with Gasteiger partial charge in [0, 0.05) is 6.42 Å². The number of ketones is 1. The smallest absolute Gasteiger partial charge is 0.149 e. The van der Waals surface area contributed by atoms with Crippen LogP contribution in [0.4, 0.5) is 0 Å². The quantitative estimate of drug-likeness (QED) is 0.476. The number of nitrogens with zero attached hydrogens (tertiary/aromatic N) is 1. The van der Waals surface area contributed by atoms with Crippen molar-refractivity contribution in [2.45, 2.75) is 32.1 Å². The maximum atomic E-state index is 11.0. The van der Waals surface area contributed by atoms with E-state index in [1.165, 1.54) is 0 Å². The molecule has 1 rings (SSSR count). The molecule has 0 aromatic heterocycles. The first-order valence-corrected chi connectivity index (χ1v) is 3.77. The number of nitriles is 1. The van der Waals surface area contributed by atoms with E-state index in [1.807, 2.05) is 6.07 Å². The van der Waals surface area contributed by atoms with E-state index in [0.29, 0.717) is 6.42 Å². The van der Waals surface area contributed by atoms with Gasteiger partial charge in [0.15, 0.2) is 0 Å². The average Bonchev–Trinajstić information content (AvgIpc) is 2.13. The molecule has 0 aromatic rings. The summed E-state index contributed by atoms with van der Waals surface area (Å²) in [7, 11) is 0. The van der Waals surface area contributed by atoms with Crippen LogP contribution in [0.1, 0.15) is 32.1 Å². The SMILES string of the molecule is N#CC1CCCCCC1=O. The third-order valence-corrected chi connectivity index (χ3v) is 1.96. The molecule has 0 spiro atoms. The van der Waals surface area contributed by atoms with Crippen molar-refractivity contribution in [2.75, 3.05) is 0 Å². The summed E-state index contributed by atoms with van der Waals surface area (Å²) in [5.41, 5.74) is 0. The average molecular weight is 137 g/mol. The molecule has 0 radical (unpaired) electrons. The summed E-state index contributed by atoms with van der Waals surface area (Å²) in [6.45, 7) is 0. The summed E-state index contributed by atoms with van der Waals surface area (Å²) in [6, 6.07) is 2.04. The van der Waals surface area contributed by atoms with Crippen LogP contribution in [0.15, 0.2) is 0 Å². The summed E-state index contributed by atoms with van der Waals surface area (Å²) in [5, 5.41) is 8.52. The molecule has 1 atom stereocenters. The van der Waals surface area contributed by atoms with Crippen LogP contribution in [-0.2, 0) is 4.79 Å². The number of hydrogen-bond donors (Lipinski definition) is 0. The number of hydrogen-bond acceptors (Lipinski definition) is 2. The van der Waals surface area contributed by atoms with Gasteiger partial charge in [0.2, 0.25) is 0 Å². The predicted molar refractivity (Wildman–Crippen MR) is 37.2 cm³/mol. The van der Waals surface area contributed by atoms with Gasteiger partial charge in [-0.15, -0.1) is 0 Å². The molecule has 1 aliphatic carbocycles. The molecule has 2 nitrogen and oxygen atoms in total. The van der Waals surface area contributed by atoms with Crippen LogP contribution in [0.25, 0.3) is 0 Å². The Morgan fingerprint density at radius 2 is 2.20 bits per heavy atom. The van der Waals surface area contributed by atoms with Crippen molar-refractivity contribution in [1.29, 1.82) is 5.26 Å². The van der Waals surface area contributed by atoms with Gasteiger partial charge >= 0.3 is 0 Å². The van der Waals surface area contributed by atoms with Crippen molar-refractivity contribution in [3.63, 3.8) is 0 Å². The molecule has 1 aliphatic rings. The third kappa shape index (κ3) is 1.57. The summed E-state index contributed by atoms with van der Waals surface area (Å²) < 4.78 is 0. The minimum atomic E-state index is -0.289. The first-order chi connectivity index (χ1) is 4.84. The van der Waals surface area contributed by atoms with Gasteiger partial charge in [-0.3, -0.25) is 4.79 Å². The van der Waals surface area contributed by atoms with Gasteiger partial charge < -0.3 is 0 Å². The predicted octanol–water partition coefficient (Wildman–Crippen LogP) is 1.66. The first kappa shape index (κ1) is 7.27. The molecule has 0 aliphatic heterocycles. The molecular weight excluding hydrogens is 126 g/mol. The zero-order valence-electron chi connectivity index (χ0n) is 5.97.